The number of likely N-dealkylation sites (N-methyl/N-ethyl adjacent to an activating group) is 1. The van der Waals surface area contributed by atoms with Gasteiger partial charge in [-0.25, -0.2) is 0 Å². The lowest BCUT2D eigenvalue weighted by atomic mass is 9.84. The fourth-order valence-corrected chi connectivity index (χ4v) is 5.29. The van der Waals surface area contributed by atoms with Gasteiger partial charge in [0.15, 0.2) is 0 Å². The molecule has 0 heterocycles. The Kier molecular flexibility index (Phi) is 10.0. The van der Waals surface area contributed by atoms with E-state index in [1.165, 1.54) is 16.7 Å². The molecule has 4 heteroatoms. The molecule has 0 aliphatic carbocycles. The van der Waals surface area contributed by atoms with Crippen molar-refractivity contribution in [3.63, 3.8) is 0 Å². The fourth-order valence-electron chi connectivity index (χ4n) is 3.82. The molecule has 0 aliphatic heterocycles. The lowest BCUT2D eigenvalue weighted by molar-refractivity contribution is -0.870. The molecule has 0 aliphatic rings. The Morgan fingerprint density at radius 2 is 1.03 bits per heavy atom. The van der Waals surface area contributed by atoms with Gasteiger partial charge in [-0.3, -0.25) is 0 Å². The van der Waals surface area contributed by atoms with Gasteiger partial charge in [0.25, 0.3) is 0 Å². The first-order chi connectivity index (χ1) is 16.0. The molecule has 3 aromatic rings. The third-order valence-electron chi connectivity index (χ3n) is 5.57. The molecule has 3 rings (SSSR count). The van der Waals surface area contributed by atoms with Gasteiger partial charge in [0.05, 0.1) is 45.7 Å². The van der Waals surface area contributed by atoms with Crippen LogP contribution < -0.4 is 0 Å². The smallest absolute Gasteiger partial charge is 0.102 e. The zero-order valence-electron chi connectivity index (χ0n) is 20.3. The Balaban J connectivity index is 1.62. The van der Waals surface area contributed by atoms with Crippen LogP contribution in [-0.2, 0) is 14.2 Å². The van der Waals surface area contributed by atoms with Gasteiger partial charge < -0.3 is 14.0 Å². The molecule has 0 atom stereocenters. The van der Waals surface area contributed by atoms with Gasteiger partial charge in [-0.05, 0) is 28.9 Å². The van der Waals surface area contributed by atoms with E-state index in [0.29, 0.717) is 13.2 Å². The Bertz CT molecular complexity index is 814. The number of quaternary nitrogens is 1. The number of benzene rings is 3. The zero-order chi connectivity index (χ0) is 23.4. The minimum absolute atomic E-state index is 0.252. The first-order valence-electron chi connectivity index (χ1n) is 11.8. The summed E-state index contributed by atoms with van der Waals surface area (Å²) in [6.07, 6.45) is 0.998. The third kappa shape index (κ3) is 7.72. The number of ether oxygens (including phenoxy) is 2. The zero-order valence-corrected chi connectivity index (χ0v) is 21.1. The first-order valence-corrected chi connectivity index (χ1v) is 12.8. The summed E-state index contributed by atoms with van der Waals surface area (Å²) in [6.45, 7) is 3.85. The van der Waals surface area contributed by atoms with Crippen LogP contribution in [0.2, 0.25) is 0 Å². The molecular formula is C29H38NO2S+. The van der Waals surface area contributed by atoms with Crippen molar-refractivity contribution in [1.82, 2.24) is 0 Å². The van der Waals surface area contributed by atoms with Gasteiger partial charge >= 0.3 is 0 Å². The molecule has 0 spiro atoms. The predicted molar refractivity (Wildman–Crippen MR) is 141 cm³/mol. The number of thioether (sulfide) groups is 1. The van der Waals surface area contributed by atoms with E-state index < -0.39 is 0 Å². The molecule has 3 aromatic carbocycles. The van der Waals surface area contributed by atoms with Gasteiger partial charge in [-0.15, -0.1) is 11.8 Å². The number of nitrogens with zero attached hydrogens (tertiary/aromatic N) is 1. The molecule has 0 N–H and O–H groups in total. The van der Waals surface area contributed by atoms with Gasteiger partial charge in [-0.1, -0.05) is 91.0 Å². The summed E-state index contributed by atoms with van der Waals surface area (Å²) >= 11 is 1.99. The van der Waals surface area contributed by atoms with Crippen molar-refractivity contribution in [2.75, 3.05) is 59.9 Å². The molecule has 0 aromatic heterocycles. The van der Waals surface area contributed by atoms with Gasteiger partial charge in [-0.2, -0.15) is 0 Å². The molecule has 33 heavy (non-hydrogen) atoms. The number of hydrogen-bond acceptors (Lipinski definition) is 3. The Morgan fingerprint density at radius 1 is 0.606 bits per heavy atom. The average molecular weight is 465 g/mol. The monoisotopic (exact) mass is 464 g/mol. The molecule has 176 valence electrons. The van der Waals surface area contributed by atoms with Crippen LogP contribution >= 0.6 is 11.8 Å². The van der Waals surface area contributed by atoms with Crippen LogP contribution in [0.25, 0.3) is 0 Å². The SMILES string of the molecule is C[N+](C)(C)CCOCCOCCCSC(c1ccccc1)(c1ccccc1)c1ccccc1. The molecule has 0 bridgehead atoms. The second-order valence-corrected chi connectivity index (χ2v) is 10.5. The molecule has 0 saturated carbocycles. The maximum atomic E-state index is 5.85. The van der Waals surface area contributed by atoms with Crippen molar-refractivity contribution in [2.45, 2.75) is 11.2 Å². The fraction of sp³-hybridized carbons (Fsp3) is 0.379. The lowest BCUT2D eigenvalue weighted by Crippen LogP contribution is -2.37. The van der Waals surface area contributed by atoms with Crippen molar-refractivity contribution in [3.05, 3.63) is 108 Å². The molecule has 0 saturated heterocycles. The van der Waals surface area contributed by atoms with Crippen molar-refractivity contribution < 1.29 is 14.0 Å². The van der Waals surface area contributed by atoms with Gasteiger partial charge in [0.1, 0.15) is 6.54 Å². The predicted octanol–water partition coefficient (Wildman–Crippen LogP) is 5.84. The summed E-state index contributed by atoms with van der Waals surface area (Å²) in [5, 5.41) is 0. The van der Waals surface area contributed by atoms with Crippen LogP contribution in [0.15, 0.2) is 91.0 Å². The van der Waals surface area contributed by atoms with E-state index in [2.05, 4.69) is 112 Å². The summed E-state index contributed by atoms with van der Waals surface area (Å²) in [4.78, 5) is 0. The Hall–Kier alpha value is -2.11. The molecular weight excluding hydrogens is 426 g/mol. The highest BCUT2D eigenvalue weighted by Gasteiger charge is 2.36. The van der Waals surface area contributed by atoms with Crippen LogP contribution in [0.5, 0.6) is 0 Å². The number of rotatable bonds is 14. The standard InChI is InChI=1S/C29H38NO2S/c1-30(2,3)20-22-32-24-23-31-21-13-25-33-29(26-14-7-4-8-15-26,27-16-9-5-10-17-27)28-18-11-6-12-19-28/h4-12,14-19H,13,20-25H2,1-3H3/q+1. The first kappa shape index (κ1) is 25.5. The number of hydrogen-bond donors (Lipinski definition) is 0. The van der Waals surface area contributed by atoms with E-state index >= 15 is 0 Å². The maximum absolute atomic E-state index is 5.85. The van der Waals surface area contributed by atoms with E-state index in [1.807, 2.05) is 11.8 Å². The highest BCUT2D eigenvalue weighted by Crippen LogP contribution is 2.48. The molecule has 0 amide bonds. The van der Waals surface area contributed by atoms with E-state index in [1.54, 1.807) is 0 Å². The molecule has 3 nitrogen and oxygen atoms in total. The van der Waals surface area contributed by atoms with Crippen LogP contribution in [0.1, 0.15) is 23.1 Å². The maximum Gasteiger partial charge on any atom is 0.102 e. The average Bonchev–Trinajstić information content (AvgIpc) is 2.84. The lowest BCUT2D eigenvalue weighted by Gasteiger charge is -2.35. The second-order valence-electron chi connectivity index (χ2n) is 9.22. The Labute approximate surface area is 204 Å². The minimum Gasteiger partial charge on any atom is -0.379 e. The summed E-state index contributed by atoms with van der Waals surface area (Å²) < 4.78 is 12.2. The van der Waals surface area contributed by atoms with Crippen molar-refractivity contribution in [2.24, 2.45) is 0 Å². The minimum atomic E-state index is -0.252. The topological polar surface area (TPSA) is 18.5 Å². The summed E-state index contributed by atoms with van der Waals surface area (Å²) in [6, 6.07) is 32.6. The third-order valence-corrected chi connectivity index (χ3v) is 7.20. The largest absolute Gasteiger partial charge is 0.379 e. The quantitative estimate of drug-likeness (QED) is 0.170. The van der Waals surface area contributed by atoms with Crippen molar-refractivity contribution >= 4 is 11.8 Å². The van der Waals surface area contributed by atoms with E-state index in [0.717, 1.165) is 36.4 Å². The normalized spacial score (nSPS) is 12.1. The van der Waals surface area contributed by atoms with Crippen LogP contribution in [0.3, 0.4) is 0 Å². The van der Waals surface area contributed by atoms with E-state index in [-0.39, 0.29) is 4.75 Å². The van der Waals surface area contributed by atoms with Crippen molar-refractivity contribution in [1.29, 1.82) is 0 Å². The summed E-state index contributed by atoms with van der Waals surface area (Å²) in [5.41, 5.74) is 3.91. The Morgan fingerprint density at radius 3 is 1.45 bits per heavy atom. The van der Waals surface area contributed by atoms with Crippen LogP contribution in [0.4, 0.5) is 0 Å². The van der Waals surface area contributed by atoms with E-state index in [4.69, 9.17) is 9.47 Å². The molecule has 0 radical (unpaired) electrons. The van der Waals surface area contributed by atoms with Gasteiger partial charge in [0.2, 0.25) is 0 Å². The highest BCUT2D eigenvalue weighted by atomic mass is 32.2. The summed E-state index contributed by atoms with van der Waals surface area (Å²) in [5.74, 6) is 1.00. The molecule has 0 fully saturated rings. The van der Waals surface area contributed by atoms with Crippen molar-refractivity contribution in [3.8, 4) is 0 Å². The van der Waals surface area contributed by atoms with Gasteiger partial charge in [0, 0.05) is 6.61 Å². The summed E-state index contributed by atoms with van der Waals surface area (Å²) in [7, 11) is 6.54. The highest BCUT2D eigenvalue weighted by molar-refractivity contribution is 8.00. The van der Waals surface area contributed by atoms with Crippen LogP contribution in [-0.4, -0.2) is 64.4 Å². The van der Waals surface area contributed by atoms with E-state index in [9.17, 15) is 0 Å². The second kappa shape index (κ2) is 13.0. The van der Waals surface area contributed by atoms with Crippen LogP contribution in [0, 0.1) is 0 Å². The molecule has 0 unspecified atom stereocenters.